The molecule has 0 fully saturated rings. The van der Waals surface area contributed by atoms with E-state index in [1.807, 2.05) is 24.3 Å². The molecule has 0 aliphatic rings. The van der Waals surface area contributed by atoms with Crippen LogP contribution in [0.15, 0.2) is 24.3 Å². The van der Waals surface area contributed by atoms with Gasteiger partial charge in [0, 0.05) is 12.6 Å². The van der Waals surface area contributed by atoms with Crippen molar-refractivity contribution in [2.24, 2.45) is 0 Å². The largest absolute Gasteiger partial charge is 0.493 e. The van der Waals surface area contributed by atoms with Crippen LogP contribution in [0.3, 0.4) is 0 Å². The lowest BCUT2D eigenvalue weighted by atomic mass is 10.2. The molecule has 0 aliphatic heterocycles. The number of nitrogens with one attached hydrogen (secondary N) is 1. The van der Waals surface area contributed by atoms with E-state index in [0.29, 0.717) is 12.6 Å². The summed E-state index contributed by atoms with van der Waals surface area (Å²) in [6, 6.07) is 8.32. The minimum Gasteiger partial charge on any atom is -0.493 e. The summed E-state index contributed by atoms with van der Waals surface area (Å²) in [4.78, 5) is 0. The van der Waals surface area contributed by atoms with Crippen LogP contribution < -0.4 is 14.8 Å². The third kappa shape index (κ3) is 4.65. The molecule has 0 saturated carbocycles. The summed E-state index contributed by atoms with van der Waals surface area (Å²) in [7, 11) is 1.66. The molecular formula is C14H23NO2. The van der Waals surface area contributed by atoms with Gasteiger partial charge in [-0.2, -0.15) is 0 Å². The van der Waals surface area contributed by atoms with Crippen LogP contribution in [-0.2, 0) is 0 Å². The fourth-order valence-corrected chi connectivity index (χ4v) is 1.74. The standard InChI is InChI=1S/C14H23NO2/c1-4-12(5-2)15-10-11-17-14-9-7-6-8-13(14)16-3/h6-9,12,15H,4-5,10-11H2,1-3H3. The molecule has 96 valence electrons. The van der Waals surface area contributed by atoms with Gasteiger partial charge in [0.2, 0.25) is 0 Å². The molecule has 1 aromatic carbocycles. The molecule has 0 atom stereocenters. The third-order valence-corrected chi connectivity index (χ3v) is 2.85. The summed E-state index contributed by atoms with van der Waals surface area (Å²) in [6.07, 6.45) is 2.32. The van der Waals surface area contributed by atoms with Gasteiger partial charge < -0.3 is 14.8 Å². The van der Waals surface area contributed by atoms with Gasteiger partial charge in [-0.1, -0.05) is 26.0 Å². The topological polar surface area (TPSA) is 30.5 Å². The van der Waals surface area contributed by atoms with Gasteiger partial charge in [-0.15, -0.1) is 0 Å². The van der Waals surface area contributed by atoms with Crippen LogP contribution in [0, 0.1) is 0 Å². The molecule has 0 radical (unpaired) electrons. The van der Waals surface area contributed by atoms with Crippen LogP contribution in [-0.4, -0.2) is 26.3 Å². The van der Waals surface area contributed by atoms with Crippen LogP contribution in [0.25, 0.3) is 0 Å². The number of rotatable bonds is 8. The first kappa shape index (κ1) is 13.8. The average molecular weight is 237 g/mol. The molecule has 0 saturated heterocycles. The number of hydrogen-bond acceptors (Lipinski definition) is 3. The van der Waals surface area contributed by atoms with Crippen molar-refractivity contribution in [3.63, 3.8) is 0 Å². The van der Waals surface area contributed by atoms with E-state index < -0.39 is 0 Å². The van der Waals surface area contributed by atoms with E-state index in [1.54, 1.807) is 7.11 Å². The summed E-state index contributed by atoms with van der Waals surface area (Å²) < 4.78 is 10.9. The first-order valence-corrected chi connectivity index (χ1v) is 6.31. The Morgan fingerprint density at radius 2 is 1.76 bits per heavy atom. The Morgan fingerprint density at radius 3 is 2.35 bits per heavy atom. The van der Waals surface area contributed by atoms with E-state index in [-0.39, 0.29) is 0 Å². The highest BCUT2D eigenvalue weighted by molar-refractivity contribution is 5.39. The molecular weight excluding hydrogens is 214 g/mol. The van der Waals surface area contributed by atoms with Crippen molar-refractivity contribution in [3.8, 4) is 11.5 Å². The van der Waals surface area contributed by atoms with Gasteiger partial charge in [-0.05, 0) is 25.0 Å². The minimum absolute atomic E-state index is 0.594. The zero-order valence-electron chi connectivity index (χ0n) is 11.0. The fraction of sp³-hybridized carbons (Fsp3) is 0.571. The van der Waals surface area contributed by atoms with E-state index in [4.69, 9.17) is 9.47 Å². The van der Waals surface area contributed by atoms with Crippen molar-refractivity contribution in [1.82, 2.24) is 5.32 Å². The zero-order valence-corrected chi connectivity index (χ0v) is 11.0. The van der Waals surface area contributed by atoms with Crippen molar-refractivity contribution < 1.29 is 9.47 Å². The van der Waals surface area contributed by atoms with E-state index >= 15 is 0 Å². The Morgan fingerprint density at radius 1 is 1.12 bits per heavy atom. The SMILES string of the molecule is CCC(CC)NCCOc1ccccc1OC. The van der Waals surface area contributed by atoms with Crippen molar-refractivity contribution in [1.29, 1.82) is 0 Å². The molecule has 0 aliphatic carbocycles. The molecule has 3 nitrogen and oxygen atoms in total. The van der Waals surface area contributed by atoms with Gasteiger partial charge in [0.15, 0.2) is 11.5 Å². The normalized spacial score (nSPS) is 10.6. The molecule has 0 unspecified atom stereocenters. The Hall–Kier alpha value is -1.22. The highest BCUT2D eigenvalue weighted by Gasteiger charge is 2.03. The summed E-state index contributed by atoms with van der Waals surface area (Å²) in [5, 5.41) is 3.46. The van der Waals surface area contributed by atoms with Gasteiger partial charge >= 0.3 is 0 Å². The van der Waals surface area contributed by atoms with Gasteiger partial charge in [0.25, 0.3) is 0 Å². The van der Waals surface area contributed by atoms with Crippen molar-refractivity contribution in [2.45, 2.75) is 32.7 Å². The fourth-order valence-electron chi connectivity index (χ4n) is 1.74. The summed E-state index contributed by atoms with van der Waals surface area (Å²) in [5.41, 5.74) is 0. The highest BCUT2D eigenvalue weighted by atomic mass is 16.5. The van der Waals surface area contributed by atoms with E-state index in [9.17, 15) is 0 Å². The lowest BCUT2D eigenvalue weighted by molar-refractivity contribution is 0.284. The van der Waals surface area contributed by atoms with Crippen molar-refractivity contribution in [2.75, 3.05) is 20.3 Å². The van der Waals surface area contributed by atoms with Gasteiger partial charge in [-0.3, -0.25) is 0 Å². The Labute approximate surface area is 104 Å². The Balaban J connectivity index is 2.30. The molecule has 1 N–H and O–H groups in total. The van der Waals surface area contributed by atoms with Gasteiger partial charge in [0.05, 0.1) is 7.11 Å². The van der Waals surface area contributed by atoms with Crippen LogP contribution in [0.1, 0.15) is 26.7 Å². The lowest BCUT2D eigenvalue weighted by Crippen LogP contribution is -2.31. The maximum absolute atomic E-state index is 5.68. The highest BCUT2D eigenvalue weighted by Crippen LogP contribution is 2.25. The van der Waals surface area contributed by atoms with Crippen LogP contribution >= 0.6 is 0 Å². The van der Waals surface area contributed by atoms with Crippen LogP contribution in [0.4, 0.5) is 0 Å². The number of hydrogen-bond donors (Lipinski definition) is 1. The number of para-hydroxylation sites is 2. The second kappa shape index (κ2) is 7.96. The molecule has 1 aromatic rings. The molecule has 17 heavy (non-hydrogen) atoms. The van der Waals surface area contributed by atoms with Crippen LogP contribution in [0.5, 0.6) is 11.5 Å². The first-order chi connectivity index (χ1) is 8.31. The maximum atomic E-state index is 5.68. The molecule has 3 heteroatoms. The van der Waals surface area contributed by atoms with E-state index in [1.165, 1.54) is 0 Å². The molecule has 0 aromatic heterocycles. The second-order valence-electron chi connectivity index (χ2n) is 3.97. The molecule has 0 heterocycles. The zero-order chi connectivity index (χ0) is 12.5. The molecule has 0 amide bonds. The van der Waals surface area contributed by atoms with Gasteiger partial charge in [-0.25, -0.2) is 0 Å². The summed E-state index contributed by atoms with van der Waals surface area (Å²) in [6.45, 7) is 5.92. The van der Waals surface area contributed by atoms with E-state index in [0.717, 1.165) is 30.9 Å². The molecule has 0 bridgehead atoms. The number of ether oxygens (including phenoxy) is 2. The van der Waals surface area contributed by atoms with Crippen molar-refractivity contribution >= 4 is 0 Å². The third-order valence-electron chi connectivity index (χ3n) is 2.85. The average Bonchev–Trinajstić information content (AvgIpc) is 2.39. The lowest BCUT2D eigenvalue weighted by Gasteiger charge is -2.15. The molecule has 1 rings (SSSR count). The Bertz CT molecular complexity index is 311. The van der Waals surface area contributed by atoms with Crippen molar-refractivity contribution in [3.05, 3.63) is 24.3 Å². The smallest absolute Gasteiger partial charge is 0.161 e. The summed E-state index contributed by atoms with van der Waals surface area (Å²) >= 11 is 0. The minimum atomic E-state index is 0.594. The second-order valence-corrected chi connectivity index (χ2v) is 3.97. The van der Waals surface area contributed by atoms with Gasteiger partial charge in [0.1, 0.15) is 6.61 Å². The predicted molar refractivity (Wildman–Crippen MR) is 70.9 cm³/mol. The number of methoxy groups -OCH3 is 1. The molecule has 0 spiro atoms. The number of benzene rings is 1. The quantitative estimate of drug-likeness (QED) is 0.705. The maximum Gasteiger partial charge on any atom is 0.161 e. The van der Waals surface area contributed by atoms with Crippen LogP contribution in [0.2, 0.25) is 0 Å². The van der Waals surface area contributed by atoms with E-state index in [2.05, 4.69) is 19.2 Å². The monoisotopic (exact) mass is 237 g/mol. The Kier molecular flexibility index (Phi) is 6.48. The predicted octanol–water partition coefficient (Wildman–Crippen LogP) is 2.85. The summed E-state index contributed by atoms with van der Waals surface area (Å²) in [5.74, 6) is 1.59. The first-order valence-electron chi connectivity index (χ1n) is 6.31.